The lowest BCUT2D eigenvalue weighted by atomic mass is 10.2. The number of hydrogen-bond donors (Lipinski definition) is 3. The smallest absolute Gasteiger partial charge is 0.205 e. The first-order chi connectivity index (χ1) is 6.07. The number of rotatable bonds is 5. The molecule has 6 heteroatoms. The van der Waals surface area contributed by atoms with Gasteiger partial charge in [0, 0.05) is 6.54 Å². The Morgan fingerprint density at radius 2 is 2.15 bits per heavy atom. The van der Waals surface area contributed by atoms with Gasteiger partial charge >= 0.3 is 0 Å². The first-order valence-electron chi connectivity index (χ1n) is 3.96. The number of nitrogens with zero attached hydrogens (tertiary/aromatic N) is 1. The summed E-state index contributed by atoms with van der Waals surface area (Å²) in [5.41, 5.74) is 15.8. The van der Waals surface area contributed by atoms with E-state index in [2.05, 4.69) is 4.99 Å². The van der Waals surface area contributed by atoms with Crippen molar-refractivity contribution < 1.29 is 4.79 Å². The third kappa shape index (κ3) is 6.41. The third-order valence-corrected chi connectivity index (χ3v) is 2.18. The Hall–Kier alpha value is -0.750. The molecule has 0 radical (unpaired) electrons. The molecule has 5 nitrogen and oxygen atoms in total. The molecule has 0 rings (SSSR count). The van der Waals surface area contributed by atoms with Crippen molar-refractivity contribution in [2.45, 2.75) is 18.9 Å². The van der Waals surface area contributed by atoms with Gasteiger partial charge in [-0.05, 0) is 19.1 Å². The highest BCUT2D eigenvalue weighted by molar-refractivity contribution is 8.13. The van der Waals surface area contributed by atoms with Crippen LogP contribution >= 0.6 is 11.8 Å². The van der Waals surface area contributed by atoms with E-state index < -0.39 is 6.04 Å². The second-order valence-electron chi connectivity index (χ2n) is 2.58. The van der Waals surface area contributed by atoms with Crippen molar-refractivity contribution in [2.24, 2.45) is 22.2 Å². The summed E-state index contributed by atoms with van der Waals surface area (Å²) in [6.45, 7) is 0.525. The average Bonchev–Trinajstić information content (AvgIpc) is 2.10. The molecule has 0 aliphatic carbocycles. The van der Waals surface area contributed by atoms with E-state index in [1.165, 1.54) is 0 Å². The van der Waals surface area contributed by atoms with Crippen LogP contribution in [0.1, 0.15) is 12.8 Å². The van der Waals surface area contributed by atoms with Gasteiger partial charge in [0.25, 0.3) is 0 Å². The molecular formula is C7H16N4OS. The second-order valence-corrected chi connectivity index (χ2v) is 3.39. The number of aliphatic imine (C=N–C) groups is 1. The molecule has 0 aromatic rings. The maximum Gasteiger partial charge on any atom is 0.205 e. The molecule has 0 spiro atoms. The van der Waals surface area contributed by atoms with Crippen LogP contribution < -0.4 is 17.2 Å². The summed E-state index contributed by atoms with van der Waals surface area (Å²) in [5.74, 6) is 0.0739. The van der Waals surface area contributed by atoms with Gasteiger partial charge in [0.2, 0.25) is 5.12 Å². The maximum absolute atomic E-state index is 11.0. The molecule has 1 atom stereocenters. The van der Waals surface area contributed by atoms with Gasteiger partial charge in [-0.2, -0.15) is 0 Å². The summed E-state index contributed by atoms with van der Waals surface area (Å²) in [5, 5.41) is 0.00435. The van der Waals surface area contributed by atoms with Crippen molar-refractivity contribution in [3.8, 4) is 0 Å². The number of carbonyl (C=O) groups excluding carboxylic acids is 1. The van der Waals surface area contributed by atoms with Crippen LogP contribution in [0.5, 0.6) is 0 Å². The highest BCUT2D eigenvalue weighted by Gasteiger charge is 2.10. The minimum atomic E-state index is -0.399. The van der Waals surface area contributed by atoms with Crippen LogP contribution in [-0.2, 0) is 4.79 Å². The van der Waals surface area contributed by atoms with Crippen molar-refractivity contribution in [1.29, 1.82) is 0 Å². The Kier molecular flexibility index (Phi) is 6.34. The molecule has 0 saturated heterocycles. The Bertz CT molecular complexity index is 191. The Morgan fingerprint density at radius 1 is 1.54 bits per heavy atom. The molecule has 0 fully saturated rings. The van der Waals surface area contributed by atoms with Crippen LogP contribution in [0.15, 0.2) is 4.99 Å². The lowest BCUT2D eigenvalue weighted by Gasteiger charge is -2.06. The lowest BCUT2D eigenvalue weighted by Crippen LogP contribution is -2.28. The fourth-order valence-corrected chi connectivity index (χ4v) is 1.21. The molecule has 0 aromatic carbocycles. The number of hydrogen-bond acceptors (Lipinski definition) is 4. The predicted molar refractivity (Wildman–Crippen MR) is 56.4 cm³/mol. The van der Waals surface area contributed by atoms with Crippen molar-refractivity contribution in [1.82, 2.24) is 0 Å². The van der Waals surface area contributed by atoms with Crippen molar-refractivity contribution >= 4 is 22.8 Å². The minimum Gasteiger partial charge on any atom is -0.370 e. The zero-order chi connectivity index (χ0) is 10.3. The molecule has 0 aromatic heterocycles. The van der Waals surface area contributed by atoms with Gasteiger partial charge in [-0.3, -0.25) is 9.79 Å². The number of nitrogens with two attached hydrogens (primary N) is 3. The summed E-state index contributed by atoms with van der Waals surface area (Å²) in [7, 11) is 0. The molecule has 0 bridgehead atoms. The zero-order valence-electron chi connectivity index (χ0n) is 7.69. The Balaban J connectivity index is 3.53. The lowest BCUT2D eigenvalue weighted by molar-refractivity contribution is -0.112. The standard InChI is InChI=1S/C7H16N4OS/c1-13-6(12)5(8)3-2-4-11-7(9)10/h5H,2-4,8H2,1H3,(H4,9,10,11). The van der Waals surface area contributed by atoms with Gasteiger partial charge in [-0.1, -0.05) is 11.8 Å². The van der Waals surface area contributed by atoms with Crippen LogP contribution in [0.2, 0.25) is 0 Å². The second kappa shape index (κ2) is 6.73. The third-order valence-electron chi connectivity index (χ3n) is 1.47. The van der Waals surface area contributed by atoms with E-state index in [0.29, 0.717) is 13.0 Å². The van der Waals surface area contributed by atoms with Crippen molar-refractivity contribution in [2.75, 3.05) is 12.8 Å². The van der Waals surface area contributed by atoms with Gasteiger partial charge in [0.15, 0.2) is 5.96 Å². The highest BCUT2D eigenvalue weighted by atomic mass is 32.2. The SMILES string of the molecule is CSC(=O)C(N)CCCN=C(N)N. The number of carbonyl (C=O) groups is 1. The quantitative estimate of drug-likeness (QED) is 0.310. The molecule has 0 aliphatic rings. The average molecular weight is 204 g/mol. The molecule has 0 aliphatic heterocycles. The fourth-order valence-electron chi connectivity index (χ4n) is 0.789. The van der Waals surface area contributed by atoms with Crippen LogP contribution in [0, 0.1) is 0 Å². The molecule has 13 heavy (non-hydrogen) atoms. The largest absolute Gasteiger partial charge is 0.370 e. The van der Waals surface area contributed by atoms with Gasteiger partial charge in [0.05, 0.1) is 6.04 Å². The molecule has 0 amide bonds. The van der Waals surface area contributed by atoms with E-state index >= 15 is 0 Å². The van der Waals surface area contributed by atoms with E-state index in [9.17, 15) is 4.79 Å². The first-order valence-corrected chi connectivity index (χ1v) is 5.19. The monoisotopic (exact) mass is 204 g/mol. The van der Waals surface area contributed by atoms with Crippen LogP contribution in [0.3, 0.4) is 0 Å². The van der Waals surface area contributed by atoms with E-state index in [1.807, 2.05) is 0 Å². The Morgan fingerprint density at radius 3 is 2.62 bits per heavy atom. The first kappa shape index (κ1) is 12.2. The fraction of sp³-hybridized carbons (Fsp3) is 0.714. The maximum atomic E-state index is 11.0. The molecule has 0 heterocycles. The summed E-state index contributed by atoms with van der Waals surface area (Å²) in [6, 6.07) is -0.399. The molecule has 1 unspecified atom stereocenters. The summed E-state index contributed by atoms with van der Waals surface area (Å²) < 4.78 is 0. The van der Waals surface area contributed by atoms with Gasteiger partial charge in [-0.15, -0.1) is 0 Å². The topological polar surface area (TPSA) is 107 Å². The predicted octanol–water partition coefficient (Wildman–Crippen LogP) is -0.743. The summed E-state index contributed by atoms with van der Waals surface area (Å²) in [4.78, 5) is 14.8. The normalized spacial score (nSPS) is 12.2. The molecular weight excluding hydrogens is 188 g/mol. The van der Waals surface area contributed by atoms with Crippen LogP contribution in [0.25, 0.3) is 0 Å². The number of thioether (sulfide) groups is 1. The van der Waals surface area contributed by atoms with Crippen LogP contribution in [-0.4, -0.2) is 29.9 Å². The van der Waals surface area contributed by atoms with Gasteiger partial charge in [0.1, 0.15) is 0 Å². The van der Waals surface area contributed by atoms with Crippen LogP contribution in [0.4, 0.5) is 0 Å². The van der Waals surface area contributed by atoms with Gasteiger partial charge < -0.3 is 17.2 Å². The minimum absolute atomic E-state index is 0.00435. The zero-order valence-corrected chi connectivity index (χ0v) is 8.51. The van der Waals surface area contributed by atoms with E-state index in [0.717, 1.165) is 18.2 Å². The van der Waals surface area contributed by atoms with Crippen molar-refractivity contribution in [3.05, 3.63) is 0 Å². The Labute approximate surface area is 82.1 Å². The van der Waals surface area contributed by atoms with E-state index in [-0.39, 0.29) is 11.1 Å². The van der Waals surface area contributed by atoms with E-state index in [4.69, 9.17) is 17.2 Å². The molecule has 76 valence electrons. The molecule has 0 saturated carbocycles. The van der Waals surface area contributed by atoms with Gasteiger partial charge in [-0.25, -0.2) is 0 Å². The van der Waals surface area contributed by atoms with Crippen molar-refractivity contribution in [3.63, 3.8) is 0 Å². The highest BCUT2D eigenvalue weighted by Crippen LogP contribution is 2.04. The summed E-state index contributed by atoms with van der Waals surface area (Å²) in [6.07, 6.45) is 3.07. The molecule has 6 N–H and O–H groups in total. The van der Waals surface area contributed by atoms with E-state index in [1.54, 1.807) is 6.26 Å². The summed E-state index contributed by atoms with van der Waals surface area (Å²) >= 11 is 1.15. The number of guanidine groups is 1.